The van der Waals surface area contributed by atoms with Gasteiger partial charge in [-0.25, -0.2) is 14.4 Å². The third-order valence-electron chi connectivity index (χ3n) is 6.89. The van der Waals surface area contributed by atoms with Crippen molar-refractivity contribution in [2.45, 2.75) is 38.9 Å². The zero-order valence-electron chi connectivity index (χ0n) is 21.5. The summed E-state index contributed by atoms with van der Waals surface area (Å²) >= 11 is 0. The van der Waals surface area contributed by atoms with Gasteiger partial charge in [0.25, 0.3) is 5.91 Å². The van der Waals surface area contributed by atoms with E-state index in [4.69, 9.17) is 9.47 Å². The molecule has 38 heavy (non-hydrogen) atoms. The van der Waals surface area contributed by atoms with Gasteiger partial charge in [-0.15, -0.1) is 5.10 Å². The smallest absolute Gasteiger partial charge is 0.263 e. The van der Waals surface area contributed by atoms with E-state index in [0.717, 1.165) is 17.7 Å². The second-order valence-corrected chi connectivity index (χ2v) is 10.2. The van der Waals surface area contributed by atoms with Gasteiger partial charge in [-0.3, -0.25) is 4.79 Å². The number of carbonyl (C=O) groups excluding carboxylic acids is 1. The van der Waals surface area contributed by atoms with E-state index in [1.807, 2.05) is 36.9 Å². The van der Waals surface area contributed by atoms with Crippen molar-refractivity contribution in [3.05, 3.63) is 60.2 Å². The highest BCUT2D eigenvalue weighted by Crippen LogP contribution is 2.42. The van der Waals surface area contributed by atoms with Crippen LogP contribution in [0.15, 0.2) is 48.8 Å². The van der Waals surface area contributed by atoms with Crippen LogP contribution in [0.4, 0.5) is 10.2 Å². The summed E-state index contributed by atoms with van der Waals surface area (Å²) in [6.07, 6.45) is 1.62. The molecule has 1 unspecified atom stereocenters. The molecule has 196 valence electrons. The molecule has 6 rings (SSSR count). The van der Waals surface area contributed by atoms with Crippen LogP contribution in [-0.2, 0) is 11.2 Å². The average molecular weight is 518 g/mol. The molecule has 0 aliphatic carbocycles. The van der Waals surface area contributed by atoms with Gasteiger partial charge in [-0.2, -0.15) is 4.68 Å². The highest BCUT2D eigenvalue weighted by Gasteiger charge is 2.34. The Labute approximate surface area is 219 Å². The van der Waals surface area contributed by atoms with E-state index in [-0.39, 0.29) is 17.3 Å². The maximum atomic E-state index is 13.4. The van der Waals surface area contributed by atoms with Crippen molar-refractivity contribution in [2.24, 2.45) is 0 Å². The SMILES string of the molecule is CC(Oc1cccc2c1OC(C)(C)C2)C(=O)N1CCN(c2ncnc3c2nnn3-c2ccc(F)cc2)CC1. The largest absolute Gasteiger partial charge is 0.483 e. The Bertz CT molecular complexity index is 1500. The molecule has 0 bridgehead atoms. The second kappa shape index (κ2) is 9.23. The molecule has 2 aliphatic heterocycles. The number of hydrogen-bond acceptors (Lipinski definition) is 8. The first-order valence-electron chi connectivity index (χ1n) is 12.6. The lowest BCUT2D eigenvalue weighted by Crippen LogP contribution is -2.52. The van der Waals surface area contributed by atoms with Gasteiger partial charge < -0.3 is 19.3 Å². The van der Waals surface area contributed by atoms with Crippen LogP contribution < -0.4 is 14.4 Å². The first-order chi connectivity index (χ1) is 18.3. The van der Waals surface area contributed by atoms with Crippen molar-refractivity contribution >= 4 is 22.9 Å². The Morgan fingerprint density at radius 3 is 2.61 bits per heavy atom. The second-order valence-electron chi connectivity index (χ2n) is 10.2. The quantitative estimate of drug-likeness (QED) is 0.398. The number of para-hydroxylation sites is 1. The number of benzene rings is 2. The summed E-state index contributed by atoms with van der Waals surface area (Å²) in [7, 11) is 0. The van der Waals surface area contributed by atoms with Crippen molar-refractivity contribution in [3.8, 4) is 17.2 Å². The molecule has 0 spiro atoms. The van der Waals surface area contributed by atoms with Gasteiger partial charge in [0.2, 0.25) is 0 Å². The predicted molar refractivity (Wildman–Crippen MR) is 138 cm³/mol. The number of rotatable bonds is 5. The molecule has 4 aromatic rings. The minimum atomic E-state index is -0.651. The van der Waals surface area contributed by atoms with Crippen molar-refractivity contribution in [1.82, 2.24) is 29.9 Å². The van der Waals surface area contributed by atoms with E-state index >= 15 is 0 Å². The van der Waals surface area contributed by atoms with Crippen molar-refractivity contribution in [2.75, 3.05) is 31.1 Å². The van der Waals surface area contributed by atoms with Crippen LogP contribution in [0.5, 0.6) is 11.5 Å². The zero-order valence-corrected chi connectivity index (χ0v) is 21.5. The molecule has 1 fully saturated rings. The lowest BCUT2D eigenvalue weighted by Gasteiger charge is -2.36. The Balaban J connectivity index is 1.13. The van der Waals surface area contributed by atoms with Gasteiger partial charge in [0.15, 0.2) is 34.6 Å². The van der Waals surface area contributed by atoms with Crippen LogP contribution >= 0.6 is 0 Å². The average Bonchev–Trinajstić information content (AvgIpc) is 3.49. The molecule has 11 heteroatoms. The van der Waals surface area contributed by atoms with Crippen LogP contribution in [-0.4, -0.2) is 73.7 Å². The third-order valence-corrected chi connectivity index (χ3v) is 6.89. The lowest BCUT2D eigenvalue weighted by molar-refractivity contribution is -0.138. The lowest BCUT2D eigenvalue weighted by atomic mass is 10.0. The van der Waals surface area contributed by atoms with Crippen molar-refractivity contribution in [3.63, 3.8) is 0 Å². The van der Waals surface area contributed by atoms with E-state index < -0.39 is 6.10 Å². The molecule has 4 heterocycles. The van der Waals surface area contributed by atoms with Crippen molar-refractivity contribution in [1.29, 1.82) is 0 Å². The summed E-state index contributed by atoms with van der Waals surface area (Å²) in [5.41, 5.74) is 2.54. The maximum Gasteiger partial charge on any atom is 0.263 e. The van der Waals surface area contributed by atoms with Crippen LogP contribution in [0, 0.1) is 5.82 Å². The van der Waals surface area contributed by atoms with Crippen LogP contribution in [0.2, 0.25) is 0 Å². The standard InChI is InChI=1S/C27H28FN7O3/c1-17(37-21-6-4-5-18-15-27(2,3)38-23(18)21)26(36)34-13-11-33(12-14-34)24-22-25(30-16-29-24)35(32-31-22)20-9-7-19(28)8-10-20/h4-10,16-17H,11-15H2,1-3H3. The highest BCUT2D eigenvalue weighted by atomic mass is 19.1. The summed E-state index contributed by atoms with van der Waals surface area (Å²) < 4.78 is 27.1. The molecule has 10 nitrogen and oxygen atoms in total. The fourth-order valence-corrected chi connectivity index (χ4v) is 5.04. The van der Waals surface area contributed by atoms with Crippen LogP contribution in [0.3, 0.4) is 0 Å². The minimum absolute atomic E-state index is 0.0744. The minimum Gasteiger partial charge on any atom is -0.483 e. The number of fused-ring (bicyclic) bond motifs is 2. The molecule has 2 aromatic carbocycles. The molecule has 1 saturated heterocycles. The number of amides is 1. The van der Waals surface area contributed by atoms with Crippen LogP contribution in [0.1, 0.15) is 26.3 Å². The number of anilines is 1. The molecule has 2 aromatic heterocycles. The monoisotopic (exact) mass is 517 g/mol. The Morgan fingerprint density at radius 1 is 1.08 bits per heavy atom. The number of nitrogens with zero attached hydrogens (tertiary/aromatic N) is 7. The topological polar surface area (TPSA) is 98.5 Å². The molecule has 0 saturated carbocycles. The predicted octanol–water partition coefficient (Wildman–Crippen LogP) is 3.18. The number of hydrogen-bond donors (Lipinski definition) is 0. The fraction of sp³-hybridized carbons (Fsp3) is 0.370. The number of halogens is 1. The van der Waals surface area contributed by atoms with Gasteiger partial charge in [0, 0.05) is 38.2 Å². The van der Waals surface area contributed by atoms with E-state index in [9.17, 15) is 9.18 Å². The summed E-state index contributed by atoms with van der Waals surface area (Å²) in [6, 6.07) is 11.8. The van der Waals surface area contributed by atoms with E-state index in [0.29, 0.717) is 54.6 Å². The molecule has 0 N–H and O–H groups in total. The Morgan fingerprint density at radius 2 is 1.84 bits per heavy atom. The first-order valence-corrected chi connectivity index (χ1v) is 12.6. The number of ether oxygens (including phenoxy) is 2. The molecular formula is C27H28FN7O3. The Hall–Kier alpha value is -4.28. The van der Waals surface area contributed by atoms with Gasteiger partial charge in [-0.05, 0) is 51.1 Å². The molecular weight excluding hydrogens is 489 g/mol. The molecule has 2 aliphatic rings. The highest BCUT2D eigenvalue weighted by molar-refractivity contribution is 5.84. The van der Waals surface area contributed by atoms with Gasteiger partial charge in [0.05, 0.1) is 5.69 Å². The van der Waals surface area contributed by atoms with Gasteiger partial charge in [-0.1, -0.05) is 17.3 Å². The maximum absolute atomic E-state index is 13.4. The molecule has 1 atom stereocenters. The number of piperazine rings is 1. The third kappa shape index (κ3) is 4.37. The number of aromatic nitrogens is 5. The zero-order chi connectivity index (χ0) is 26.4. The Kier molecular flexibility index (Phi) is 5.85. The van der Waals surface area contributed by atoms with E-state index in [1.165, 1.54) is 18.5 Å². The van der Waals surface area contributed by atoms with E-state index in [2.05, 4.69) is 25.2 Å². The van der Waals surface area contributed by atoms with Gasteiger partial charge >= 0.3 is 0 Å². The number of carbonyl (C=O) groups is 1. The summed E-state index contributed by atoms with van der Waals surface area (Å²) in [4.78, 5) is 25.9. The first kappa shape index (κ1) is 24.1. The fourth-order valence-electron chi connectivity index (χ4n) is 5.04. The van der Waals surface area contributed by atoms with E-state index in [1.54, 1.807) is 23.7 Å². The summed E-state index contributed by atoms with van der Waals surface area (Å²) in [5.74, 6) is 1.57. The molecule has 1 amide bonds. The summed E-state index contributed by atoms with van der Waals surface area (Å²) in [6.45, 7) is 8.04. The van der Waals surface area contributed by atoms with Crippen LogP contribution in [0.25, 0.3) is 16.9 Å². The van der Waals surface area contributed by atoms with Gasteiger partial charge in [0.1, 0.15) is 17.7 Å². The normalized spacial score (nSPS) is 17.3. The van der Waals surface area contributed by atoms with Crippen molar-refractivity contribution < 1.29 is 18.7 Å². The summed E-state index contributed by atoms with van der Waals surface area (Å²) in [5, 5.41) is 8.51. The molecule has 0 radical (unpaired) electrons.